The molecule has 0 unspecified atom stereocenters. The number of thioether (sulfide) groups is 1. The number of rotatable bonds is 37. The Kier molecular flexibility index (Phi) is 30.9. The Bertz CT molecular complexity index is 1400. The van der Waals surface area contributed by atoms with Gasteiger partial charge >= 0.3 is 0 Å². The number of ketones is 1. The molecule has 0 aliphatic rings. The van der Waals surface area contributed by atoms with Gasteiger partial charge in [0.05, 0.1) is 131 Å². The van der Waals surface area contributed by atoms with Crippen molar-refractivity contribution >= 4 is 29.4 Å². The number of aromatic nitrogens is 5. The van der Waals surface area contributed by atoms with Crippen LogP contribution in [0.25, 0.3) is 0 Å². The lowest BCUT2D eigenvalue weighted by Gasteiger charge is -2.09. The monoisotopic (exact) mass is 825 g/mol. The molecular formula is C37H59N7O12S. The molecule has 2 aromatic heterocycles. The number of unbranched alkanes of at least 4 members (excludes halogenated alkanes) is 1. The standard InChI is InChI=1S/C37H59N7O12S/c1-32(45)30-56-31-36(47)38-8-10-48-12-14-50-16-18-52-20-22-54-24-25-55-23-21-53-19-17-51-15-13-49-11-9-44-29-34(42-43-44)28-39-35(46)7-5-3-4-6-33-26-40-37(57-2)41-27-33/h26-27,29H,3,5,7-25,28,30-31H2,1-2H3,(H,38,47)(H,39,46). The molecular weight excluding hydrogens is 767 g/mol. The van der Waals surface area contributed by atoms with Crippen LogP contribution in [0, 0.1) is 11.8 Å². The van der Waals surface area contributed by atoms with Crippen LogP contribution >= 0.6 is 11.8 Å². The molecule has 19 nitrogen and oxygen atoms in total. The lowest BCUT2D eigenvalue weighted by Crippen LogP contribution is -2.31. The Morgan fingerprint density at radius 1 is 0.684 bits per heavy atom. The van der Waals surface area contributed by atoms with Gasteiger partial charge in [0.1, 0.15) is 18.9 Å². The van der Waals surface area contributed by atoms with E-state index in [9.17, 15) is 14.4 Å². The number of hydrogen-bond donors (Lipinski definition) is 2. The Morgan fingerprint density at radius 3 is 1.74 bits per heavy atom. The summed E-state index contributed by atoms with van der Waals surface area (Å²) in [5.74, 6) is 5.58. The fraction of sp³-hybridized carbons (Fsp3) is 0.703. The van der Waals surface area contributed by atoms with Crippen LogP contribution in [-0.4, -0.2) is 174 Å². The van der Waals surface area contributed by atoms with E-state index in [1.165, 1.54) is 18.7 Å². The molecule has 0 aliphatic carbocycles. The van der Waals surface area contributed by atoms with Gasteiger partial charge in [0, 0.05) is 31.8 Å². The van der Waals surface area contributed by atoms with Crippen molar-refractivity contribution in [3.05, 3.63) is 29.8 Å². The molecule has 2 amide bonds. The van der Waals surface area contributed by atoms with Crippen molar-refractivity contribution in [2.45, 2.75) is 44.4 Å². The largest absolute Gasteiger partial charge is 0.377 e. The van der Waals surface area contributed by atoms with Gasteiger partial charge in [0.25, 0.3) is 0 Å². The third-order valence-electron chi connectivity index (χ3n) is 6.98. The average molecular weight is 826 g/mol. The van der Waals surface area contributed by atoms with Gasteiger partial charge in [-0.3, -0.25) is 14.4 Å². The predicted molar refractivity (Wildman–Crippen MR) is 207 cm³/mol. The van der Waals surface area contributed by atoms with E-state index in [1.807, 2.05) is 6.26 Å². The topological polar surface area (TPSA) is 215 Å². The Labute approximate surface area is 339 Å². The number of carbonyl (C=O) groups excluding carboxylic acids is 3. The first-order valence-electron chi connectivity index (χ1n) is 18.9. The molecule has 0 atom stereocenters. The Balaban J connectivity index is 1.24. The number of carbonyl (C=O) groups is 3. The highest BCUT2D eigenvalue weighted by atomic mass is 32.2. The summed E-state index contributed by atoms with van der Waals surface area (Å²) in [6, 6.07) is 0. The molecule has 2 aromatic rings. The summed E-state index contributed by atoms with van der Waals surface area (Å²) < 4.78 is 50.4. The normalized spacial score (nSPS) is 11.0. The van der Waals surface area contributed by atoms with Gasteiger partial charge in [0.2, 0.25) is 11.8 Å². The first-order chi connectivity index (χ1) is 28.0. The van der Waals surface area contributed by atoms with Gasteiger partial charge < -0.3 is 53.3 Å². The first-order valence-corrected chi connectivity index (χ1v) is 20.1. The minimum atomic E-state index is -0.292. The van der Waals surface area contributed by atoms with E-state index in [0.29, 0.717) is 155 Å². The summed E-state index contributed by atoms with van der Waals surface area (Å²) >= 11 is 1.48. The fourth-order valence-corrected chi connectivity index (χ4v) is 4.51. The molecule has 20 heteroatoms. The molecule has 320 valence electrons. The summed E-state index contributed by atoms with van der Waals surface area (Å²) in [4.78, 5) is 42.7. The van der Waals surface area contributed by atoms with E-state index in [0.717, 1.165) is 5.56 Å². The van der Waals surface area contributed by atoms with Crippen molar-refractivity contribution in [1.82, 2.24) is 35.6 Å². The summed E-state index contributed by atoms with van der Waals surface area (Å²) in [7, 11) is 0. The van der Waals surface area contributed by atoms with Crippen LogP contribution in [0.4, 0.5) is 0 Å². The maximum Gasteiger partial charge on any atom is 0.246 e. The second kappa shape index (κ2) is 35.5. The van der Waals surface area contributed by atoms with E-state index in [2.05, 4.69) is 42.8 Å². The predicted octanol–water partition coefficient (Wildman–Crippen LogP) is 0.483. The molecule has 0 aliphatic heterocycles. The molecule has 0 saturated heterocycles. The Morgan fingerprint density at radius 2 is 1.21 bits per heavy atom. The SMILES string of the molecule is CSc1ncc(C#CCCCC(=O)NCc2cn(CCOCCOCCOCCOCCOCCOCCOCCOCCNC(=O)COCC(C)=O)nn2)cn1. The fourth-order valence-electron chi connectivity index (χ4n) is 4.20. The van der Waals surface area contributed by atoms with Crippen LogP contribution in [0.1, 0.15) is 37.4 Å². The number of hydrogen-bond acceptors (Lipinski definition) is 17. The summed E-state index contributed by atoms with van der Waals surface area (Å²) in [5.41, 5.74) is 1.43. The van der Waals surface area contributed by atoms with E-state index in [1.54, 1.807) is 23.3 Å². The van der Waals surface area contributed by atoms with Crippen molar-refractivity contribution in [3.63, 3.8) is 0 Å². The van der Waals surface area contributed by atoms with E-state index in [4.69, 9.17) is 42.6 Å². The third-order valence-corrected chi connectivity index (χ3v) is 7.55. The van der Waals surface area contributed by atoms with Crippen molar-refractivity contribution in [2.75, 3.05) is 132 Å². The zero-order valence-electron chi connectivity index (χ0n) is 33.2. The van der Waals surface area contributed by atoms with Crippen molar-refractivity contribution in [1.29, 1.82) is 0 Å². The highest BCUT2D eigenvalue weighted by molar-refractivity contribution is 7.98. The van der Waals surface area contributed by atoms with Crippen LogP contribution in [0.2, 0.25) is 0 Å². The molecule has 0 fully saturated rings. The van der Waals surface area contributed by atoms with Crippen LogP contribution in [0.5, 0.6) is 0 Å². The lowest BCUT2D eigenvalue weighted by molar-refractivity contribution is -0.129. The van der Waals surface area contributed by atoms with Crippen LogP contribution in [0.15, 0.2) is 23.7 Å². The van der Waals surface area contributed by atoms with Crippen molar-refractivity contribution in [3.8, 4) is 11.8 Å². The van der Waals surface area contributed by atoms with Crippen molar-refractivity contribution in [2.24, 2.45) is 0 Å². The second-order valence-corrected chi connectivity index (χ2v) is 12.6. The van der Waals surface area contributed by atoms with Crippen molar-refractivity contribution < 1.29 is 57.0 Å². The average Bonchev–Trinajstić information content (AvgIpc) is 3.67. The second-order valence-electron chi connectivity index (χ2n) is 11.8. The number of nitrogens with one attached hydrogen (secondary N) is 2. The molecule has 0 bridgehead atoms. The van der Waals surface area contributed by atoms with E-state index < -0.39 is 0 Å². The zero-order valence-corrected chi connectivity index (χ0v) is 34.1. The van der Waals surface area contributed by atoms with Crippen LogP contribution in [0.3, 0.4) is 0 Å². The Hall–Kier alpha value is -3.62. The highest BCUT2D eigenvalue weighted by Crippen LogP contribution is 2.06. The van der Waals surface area contributed by atoms with Gasteiger partial charge in [-0.25, -0.2) is 14.6 Å². The maximum absolute atomic E-state index is 12.1. The van der Waals surface area contributed by atoms with Crippen LogP contribution < -0.4 is 10.6 Å². The molecule has 2 N–H and O–H groups in total. The lowest BCUT2D eigenvalue weighted by atomic mass is 10.2. The first kappa shape index (κ1) is 49.5. The van der Waals surface area contributed by atoms with Gasteiger partial charge in [-0.15, -0.1) is 5.10 Å². The molecule has 2 heterocycles. The number of ether oxygens (including phenoxy) is 9. The molecule has 0 radical (unpaired) electrons. The van der Waals surface area contributed by atoms with E-state index in [-0.39, 0.29) is 30.8 Å². The van der Waals surface area contributed by atoms with Gasteiger partial charge in [-0.2, -0.15) is 0 Å². The maximum atomic E-state index is 12.1. The number of Topliss-reactive ketones (excluding diaryl/α,β-unsaturated/α-hetero) is 1. The summed E-state index contributed by atoms with van der Waals surface area (Å²) in [6.45, 7) is 9.53. The van der Waals surface area contributed by atoms with Gasteiger partial charge in [0.15, 0.2) is 10.9 Å². The molecule has 0 aromatic carbocycles. The van der Waals surface area contributed by atoms with Gasteiger partial charge in [-0.05, 0) is 19.6 Å². The number of amides is 2. The smallest absolute Gasteiger partial charge is 0.246 e. The summed E-state index contributed by atoms with van der Waals surface area (Å²) in [5, 5.41) is 14.4. The molecule has 0 spiro atoms. The zero-order chi connectivity index (χ0) is 40.9. The minimum absolute atomic E-state index is 0.0585. The van der Waals surface area contributed by atoms with E-state index >= 15 is 0 Å². The van der Waals surface area contributed by atoms with Crippen LogP contribution in [-0.2, 0) is 70.1 Å². The minimum Gasteiger partial charge on any atom is -0.377 e. The summed E-state index contributed by atoms with van der Waals surface area (Å²) in [6.07, 6.45) is 8.75. The molecule has 57 heavy (non-hydrogen) atoms. The number of nitrogens with zero attached hydrogens (tertiary/aromatic N) is 5. The molecule has 0 saturated carbocycles. The highest BCUT2D eigenvalue weighted by Gasteiger charge is 2.05. The molecule has 2 rings (SSSR count). The third kappa shape index (κ3) is 30.2. The quantitative estimate of drug-likeness (QED) is 0.0410. The van der Waals surface area contributed by atoms with Gasteiger partial charge in [-0.1, -0.05) is 28.8 Å².